The fourth-order valence-corrected chi connectivity index (χ4v) is 1.96. The number of aromatic nitrogens is 1. The summed E-state index contributed by atoms with van der Waals surface area (Å²) in [6.45, 7) is 1.95. The van der Waals surface area contributed by atoms with E-state index in [1.807, 2.05) is 37.3 Å². The minimum absolute atomic E-state index is 0.121. The van der Waals surface area contributed by atoms with Gasteiger partial charge in [-0.2, -0.15) is 0 Å². The summed E-state index contributed by atoms with van der Waals surface area (Å²) in [5.74, 6) is 0.589. The Morgan fingerprint density at radius 1 is 1.38 bits per heavy atom. The van der Waals surface area contributed by atoms with Crippen molar-refractivity contribution in [2.24, 2.45) is 0 Å². The van der Waals surface area contributed by atoms with Gasteiger partial charge in [0.2, 0.25) is 0 Å². The first-order valence-corrected chi connectivity index (χ1v) is 6.78. The molecule has 6 heteroatoms. The van der Waals surface area contributed by atoms with E-state index in [1.54, 1.807) is 6.07 Å². The first kappa shape index (κ1) is 15.1. The zero-order valence-corrected chi connectivity index (χ0v) is 11.9. The lowest BCUT2D eigenvalue weighted by molar-refractivity contribution is 0.214. The molecule has 0 radical (unpaired) electrons. The van der Waals surface area contributed by atoms with Crippen molar-refractivity contribution in [3.8, 4) is 0 Å². The van der Waals surface area contributed by atoms with Gasteiger partial charge >= 0.3 is 6.03 Å². The maximum Gasteiger partial charge on any atom is 0.315 e. The molecule has 1 aromatic heterocycles. The van der Waals surface area contributed by atoms with Gasteiger partial charge < -0.3 is 20.3 Å². The van der Waals surface area contributed by atoms with E-state index < -0.39 is 0 Å². The Kier molecular flexibility index (Phi) is 5.34. The maximum atomic E-state index is 11.8. The zero-order chi connectivity index (χ0) is 15.1. The van der Waals surface area contributed by atoms with Crippen LogP contribution in [-0.4, -0.2) is 28.9 Å². The minimum atomic E-state index is -0.348. The SMILES string of the molecule is Cc1cc(CNC(=O)N[C@H](CO)Cc2ccccc2)on1. The van der Waals surface area contributed by atoms with Gasteiger partial charge in [0, 0.05) is 6.07 Å². The Labute approximate surface area is 123 Å². The number of urea groups is 1. The lowest BCUT2D eigenvalue weighted by Crippen LogP contribution is -2.44. The standard InChI is InChI=1S/C15H19N3O3/c1-11-7-14(21-18-11)9-16-15(20)17-13(10-19)8-12-5-3-2-4-6-12/h2-7,13,19H,8-10H2,1H3,(H2,16,17,20)/t13-/m0/s1. The highest BCUT2D eigenvalue weighted by Crippen LogP contribution is 2.03. The minimum Gasteiger partial charge on any atom is -0.394 e. The van der Waals surface area contributed by atoms with E-state index in [1.165, 1.54) is 0 Å². The number of aliphatic hydroxyl groups excluding tert-OH is 1. The fourth-order valence-electron chi connectivity index (χ4n) is 1.96. The normalized spacial score (nSPS) is 11.9. The summed E-state index contributed by atoms with van der Waals surface area (Å²) in [5.41, 5.74) is 1.83. The molecule has 0 fully saturated rings. The Hall–Kier alpha value is -2.34. The molecular weight excluding hydrogens is 270 g/mol. The third-order valence-electron chi connectivity index (χ3n) is 2.98. The van der Waals surface area contributed by atoms with E-state index >= 15 is 0 Å². The maximum absolute atomic E-state index is 11.8. The Bertz CT molecular complexity index is 569. The number of hydrogen-bond acceptors (Lipinski definition) is 4. The molecule has 0 saturated heterocycles. The molecule has 112 valence electrons. The van der Waals surface area contributed by atoms with E-state index in [2.05, 4.69) is 15.8 Å². The summed E-state index contributed by atoms with van der Waals surface area (Å²) < 4.78 is 5.00. The fraction of sp³-hybridized carbons (Fsp3) is 0.333. The summed E-state index contributed by atoms with van der Waals surface area (Å²) in [7, 11) is 0. The Balaban J connectivity index is 1.79. The highest BCUT2D eigenvalue weighted by Gasteiger charge is 2.12. The number of carbonyl (C=O) groups excluding carboxylic acids is 1. The zero-order valence-electron chi connectivity index (χ0n) is 11.9. The van der Waals surface area contributed by atoms with Crippen LogP contribution in [0.4, 0.5) is 4.79 Å². The molecular formula is C15H19N3O3. The largest absolute Gasteiger partial charge is 0.394 e. The molecule has 0 saturated carbocycles. The van der Waals surface area contributed by atoms with Crippen LogP contribution < -0.4 is 10.6 Å². The van der Waals surface area contributed by atoms with E-state index in [0.29, 0.717) is 12.2 Å². The molecule has 1 aromatic carbocycles. The number of carbonyl (C=O) groups is 1. The summed E-state index contributed by atoms with van der Waals surface area (Å²) in [6, 6.07) is 10.8. The second kappa shape index (κ2) is 7.44. The van der Waals surface area contributed by atoms with Gasteiger partial charge in [0.15, 0.2) is 5.76 Å². The predicted molar refractivity (Wildman–Crippen MR) is 77.6 cm³/mol. The summed E-state index contributed by atoms with van der Waals surface area (Å²) >= 11 is 0. The molecule has 2 aromatic rings. The van der Waals surface area contributed by atoms with Crippen molar-refractivity contribution in [3.05, 3.63) is 53.4 Å². The van der Waals surface area contributed by atoms with Crippen LogP contribution in [0.3, 0.4) is 0 Å². The van der Waals surface area contributed by atoms with Crippen molar-refractivity contribution in [2.75, 3.05) is 6.61 Å². The van der Waals surface area contributed by atoms with Crippen molar-refractivity contribution in [1.29, 1.82) is 0 Å². The molecule has 0 aliphatic heterocycles. The Morgan fingerprint density at radius 3 is 2.76 bits per heavy atom. The molecule has 0 bridgehead atoms. The van der Waals surface area contributed by atoms with Gasteiger partial charge in [-0.05, 0) is 18.9 Å². The first-order chi connectivity index (χ1) is 10.2. The van der Waals surface area contributed by atoms with E-state index in [4.69, 9.17) is 4.52 Å². The monoisotopic (exact) mass is 289 g/mol. The Morgan fingerprint density at radius 2 is 2.14 bits per heavy atom. The van der Waals surface area contributed by atoms with Gasteiger partial charge in [0.25, 0.3) is 0 Å². The number of benzene rings is 1. The molecule has 2 amide bonds. The quantitative estimate of drug-likeness (QED) is 0.750. The van der Waals surface area contributed by atoms with Crippen LogP contribution in [0.1, 0.15) is 17.0 Å². The van der Waals surface area contributed by atoms with Gasteiger partial charge in [-0.3, -0.25) is 0 Å². The number of rotatable bonds is 6. The third kappa shape index (κ3) is 4.92. The van der Waals surface area contributed by atoms with Crippen molar-refractivity contribution < 1.29 is 14.4 Å². The number of amides is 2. The van der Waals surface area contributed by atoms with Crippen LogP contribution in [0.15, 0.2) is 40.9 Å². The second-order valence-electron chi connectivity index (χ2n) is 4.83. The summed E-state index contributed by atoms with van der Waals surface area (Å²) in [5, 5.41) is 18.5. The van der Waals surface area contributed by atoms with Gasteiger partial charge in [-0.1, -0.05) is 35.5 Å². The molecule has 0 aliphatic rings. The highest BCUT2D eigenvalue weighted by atomic mass is 16.5. The van der Waals surface area contributed by atoms with E-state index in [9.17, 15) is 9.90 Å². The molecule has 0 spiro atoms. The first-order valence-electron chi connectivity index (χ1n) is 6.78. The molecule has 6 nitrogen and oxygen atoms in total. The van der Waals surface area contributed by atoms with Crippen LogP contribution in [0, 0.1) is 6.92 Å². The van der Waals surface area contributed by atoms with Crippen LogP contribution >= 0.6 is 0 Å². The van der Waals surface area contributed by atoms with Crippen LogP contribution in [0.2, 0.25) is 0 Å². The molecule has 3 N–H and O–H groups in total. The van der Waals surface area contributed by atoms with Crippen LogP contribution in [0.25, 0.3) is 0 Å². The summed E-state index contributed by atoms with van der Waals surface area (Å²) in [4.78, 5) is 11.8. The second-order valence-corrected chi connectivity index (χ2v) is 4.83. The third-order valence-corrected chi connectivity index (χ3v) is 2.98. The van der Waals surface area contributed by atoms with E-state index in [0.717, 1.165) is 11.3 Å². The van der Waals surface area contributed by atoms with Crippen molar-refractivity contribution in [2.45, 2.75) is 25.9 Å². The van der Waals surface area contributed by atoms with Crippen LogP contribution in [-0.2, 0) is 13.0 Å². The number of nitrogens with zero attached hydrogens (tertiary/aromatic N) is 1. The van der Waals surface area contributed by atoms with Crippen molar-refractivity contribution >= 4 is 6.03 Å². The molecule has 0 aliphatic carbocycles. The smallest absolute Gasteiger partial charge is 0.315 e. The van der Waals surface area contributed by atoms with Crippen LogP contribution in [0.5, 0.6) is 0 Å². The lowest BCUT2D eigenvalue weighted by Gasteiger charge is -2.16. The molecule has 0 unspecified atom stereocenters. The lowest BCUT2D eigenvalue weighted by atomic mass is 10.1. The number of hydrogen-bond donors (Lipinski definition) is 3. The topological polar surface area (TPSA) is 87.4 Å². The average molecular weight is 289 g/mol. The van der Waals surface area contributed by atoms with Crippen molar-refractivity contribution in [1.82, 2.24) is 15.8 Å². The van der Waals surface area contributed by atoms with Gasteiger partial charge in [0.1, 0.15) is 0 Å². The van der Waals surface area contributed by atoms with Gasteiger partial charge in [0.05, 0.1) is 24.9 Å². The number of aryl methyl sites for hydroxylation is 1. The van der Waals surface area contributed by atoms with Crippen molar-refractivity contribution in [3.63, 3.8) is 0 Å². The summed E-state index contributed by atoms with van der Waals surface area (Å²) in [6.07, 6.45) is 0.576. The molecule has 21 heavy (non-hydrogen) atoms. The number of aliphatic hydroxyl groups is 1. The van der Waals surface area contributed by atoms with Gasteiger partial charge in [-0.15, -0.1) is 0 Å². The highest BCUT2D eigenvalue weighted by molar-refractivity contribution is 5.74. The molecule has 2 rings (SSSR count). The molecule has 1 atom stereocenters. The number of nitrogens with one attached hydrogen (secondary N) is 2. The van der Waals surface area contributed by atoms with E-state index in [-0.39, 0.29) is 25.2 Å². The molecule has 1 heterocycles. The van der Waals surface area contributed by atoms with Gasteiger partial charge in [-0.25, -0.2) is 4.79 Å². The average Bonchev–Trinajstić information content (AvgIpc) is 2.91. The predicted octanol–water partition coefficient (Wildman–Crippen LogP) is 1.39.